The molecule has 152 valence electrons. The summed E-state index contributed by atoms with van der Waals surface area (Å²) >= 11 is 1.21. The number of para-hydroxylation sites is 1. The maximum absolute atomic E-state index is 12.1. The van der Waals surface area contributed by atoms with Crippen LogP contribution in [0.3, 0.4) is 0 Å². The Bertz CT molecular complexity index is 847. The van der Waals surface area contributed by atoms with Gasteiger partial charge in [0, 0.05) is 46.1 Å². The van der Waals surface area contributed by atoms with Gasteiger partial charge < -0.3 is 15.0 Å². The number of thiophene rings is 1. The first-order chi connectivity index (χ1) is 13.6. The van der Waals surface area contributed by atoms with Gasteiger partial charge in [0.25, 0.3) is 0 Å². The molecular formula is C19H26N4O3S2. The number of hydrogen-bond acceptors (Lipinski definition) is 5. The van der Waals surface area contributed by atoms with Gasteiger partial charge in [0.1, 0.15) is 16.1 Å². The Morgan fingerprint density at radius 1 is 1.18 bits per heavy atom. The molecule has 1 aromatic carbocycles. The van der Waals surface area contributed by atoms with E-state index in [-0.39, 0.29) is 6.10 Å². The SMILES string of the molecule is CN=C(NCCNS(=O)(=O)c1cccs1)N1CCC(Oc2ccccc2)CC1. The second kappa shape index (κ2) is 9.90. The molecule has 1 fully saturated rings. The minimum atomic E-state index is -3.43. The smallest absolute Gasteiger partial charge is 0.250 e. The first kappa shape index (κ1) is 20.6. The number of ether oxygens (including phenoxy) is 1. The summed E-state index contributed by atoms with van der Waals surface area (Å²) in [6.07, 6.45) is 2.04. The van der Waals surface area contributed by atoms with E-state index in [4.69, 9.17) is 4.74 Å². The summed E-state index contributed by atoms with van der Waals surface area (Å²) < 4.78 is 33.2. The van der Waals surface area contributed by atoms with Crippen LogP contribution in [0.2, 0.25) is 0 Å². The average molecular weight is 423 g/mol. The maximum atomic E-state index is 12.1. The van der Waals surface area contributed by atoms with E-state index in [0.717, 1.165) is 37.6 Å². The van der Waals surface area contributed by atoms with Crippen molar-refractivity contribution >= 4 is 27.3 Å². The molecule has 0 aliphatic carbocycles. The molecule has 0 saturated carbocycles. The van der Waals surface area contributed by atoms with Crippen LogP contribution in [0, 0.1) is 0 Å². The predicted octanol–water partition coefficient (Wildman–Crippen LogP) is 2.15. The van der Waals surface area contributed by atoms with Gasteiger partial charge in [-0.1, -0.05) is 24.3 Å². The van der Waals surface area contributed by atoms with Crippen molar-refractivity contribution in [1.82, 2.24) is 14.9 Å². The van der Waals surface area contributed by atoms with Crippen molar-refractivity contribution in [2.45, 2.75) is 23.2 Å². The minimum absolute atomic E-state index is 0.203. The number of nitrogens with zero attached hydrogens (tertiary/aromatic N) is 2. The van der Waals surface area contributed by atoms with E-state index >= 15 is 0 Å². The third-order valence-corrected chi connectivity index (χ3v) is 7.32. The van der Waals surface area contributed by atoms with Crippen LogP contribution in [0.5, 0.6) is 5.75 Å². The Labute approximate surface area is 170 Å². The van der Waals surface area contributed by atoms with Crippen LogP contribution in [0.25, 0.3) is 0 Å². The van der Waals surface area contributed by atoms with Gasteiger partial charge in [-0.25, -0.2) is 13.1 Å². The molecule has 1 saturated heterocycles. The summed E-state index contributed by atoms with van der Waals surface area (Å²) in [5.41, 5.74) is 0. The van der Waals surface area contributed by atoms with Crippen molar-refractivity contribution < 1.29 is 13.2 Å². The quantitative estimate of drug-likeness (QED) is 0.406. The highest BCUT2D eigenvalue weighted by Crippen LogP contribution is 2.18. The largest absolute Gasteiger partial charge is 0.490 e. The highest BCUT2D eigenvalue weighted by Gasteiger charge is 2.22. The second-order valence-corrected chi connectivity index (χ2v) is 9.36. The van der Waals surface area contributed by atoms with Crippen LogP contribution < -0.4 is 14.8 Å². The number of rotatable bonds is 7. The summed E-state index contributed by atoms with van der Waals surface area (Å²) in [5.74, 6) is 1.69. The molecule has 0 bridgehead atoms. The normalized spacial score (nSPS) is 16.2. The van der Waals surface area contributed by atoms with E-state index in [9.17, 15) is 8.42 Å². The van der Waals surface area contributed by atoms with Gasteiger partial charge in [-0.15, -0.1) is 11.3 Å². The molecule has 0 unspecified atom stereocenters. The molecule has 2 heterocycles. The van der Waals surface area contributed by atoms with Gasteiger partial charge in [-0.05, 0) is 23.6 Å². The molecule has 1 aliphatic rings. The number of aliphatic imine (C=N–C) groups is 1. The Kier molecular flexibility index (Phi) is 7.30. The lowest BCUT2D eigenvalue weighted by molar-refractivity contribution is 0.129. The van der Waals surface area contributed by atoms with Gasteiger partial charge in [0.05, 0.1) is 0 Å². The molecule has 28 heavy (non-hydrogen) atoms. The molecule has 9 heteroatoms. The van der Waals surface area contributed by atoms with Crippen molar-refractivity contribution in [2.75, 3.05) is 33.2 Å². The lowest BCUT2D eigenvalue weighted by atomic mass is 10.1. The van der Waals surface area contributed by atoms with Gasteiger partial charge in [0.15, 0.2) is 5.96 Å². The zero-order chi connectivity index (χ0) is 19.8. The van der Waals surface area contributed by atoms with Crippen molar-refractivity contribution in [3.63, 3.8) is 0 Å². The second-order valence-electron chi connectivity index (χ2n) is 6.42. The van der Waals surface area contributed by atoms with E-state index in [1.807, 2.05) is 30.3 Å². The molecule has 0 atom stereocenters. The first-order valence-corrected chi connectivity index (χ1v) is 11.7. The van der Waals surface area contributed by atoms with Crippen LogP contribution in [-0.4, -0.2) is 58.6 Å². The molecule has 3 rings (SSSR count). The number of likely N-dealkylation sites (tertiary alicyclic amines) is 1. The Balaban J connectivity index is 1.40. The van der Waals surface area contributed by atoms with Crippen LogP contribution >= 0.6 is 11.3 Å². The third kappa shape index (κ3) is 5.70. The highest BCUT2D eigenvalue weighted by atomic mass is 32.2. The van der Waals surface area contributed by atoms with Crippen molar-refractivity contribution in [3.8, 4) is 5.75 Å². The fourth-order valence-electron chi connectivity index (χ4n) is 3.06. The van der Waals surface area contributed by atoms with E-state index in [0.29, 0.717) is 17.3 Å². The summed E-state index contributed by atoms with van der Waals surface area (Å²) in [5, 5.41) is 4.98. The van der Waals surface area contributed by atoms with Gasteiger partial charge in [-0.2, -0.15) is 0 Å². The molecule has 0 amide bonds. The highest BCUT2D eigenvalue weighted by molar-refractivity contribution is 7.91. The molecule has 1 aliphatic heterocycles. The van der Waals surface area contributed by atoms with E-state index < -0.39 is 10.0 Å². The Morgan fingerprint density at radius 2 is 1.93 bits per heavy atom. The van der Waals surface area contributed by atoms with Gasteiger partial charge >= 0.3 is 0 Å². The molecular weight excluding hydrogens is 396 g/mol. The molecule has 0 radical (unpaired) electrons. The number of hydrogen-bond donors (Lipinski definition) is 2. The van der Waals surface area contributed by atoms with Gasteiger partial charge in [-0.3, -0.25) is 4.99 Å². The van der Waals surface area contributed by atoms with E-state index in [1.54, 1.807) is 24.6 Å². The van der Waals surface area contributed by atoms with Crippen LogP contribution in [0.4, 0.5) is 0 Å². The molecule has 1 aromatic heterocycles. The standard InChI is InChI=1S/C19H26N4O3S2/c1-20-19(21-11-12-22-28(24,25)18-8-5-15-27-18)23-13-9-17(10-14-23)26-16-6-3-2-4-7-16/h2-8,15,17,22H,9-14H2,1H3,(H,20,21). The number of piperidine rings is 1. The summed E-state index contributed by atoms with van der Waals surface area (Å²) in [6.45, 7) is 2.46. The lowest BCUT2D eigenvalue weighted by Crippen LogP contribution is -2.48. The fraction of sp³-hybridized carbons (Fsp3) is 0.421. The fourth-order valence-corrected chi connectivity index (χ4v) is 5.13. The zero-order valence-corrected chi connectivity index (χ0v) is 17.5. The number of benzene rings is 1. The number of guanidine groups is 1. The first-order valence-electron chi connectivity index (χ1n) is 9.29. The van der Waals surface area contributed by atoms with Crippen molar-refractivity contribution in [2.24, 2.45) is 4.99 Å². The molecule has 7 nitrogen and oxygen atoms in total. The van der Waals surface area contributed by atoms with Crippen LogP contribution in [-0.2, 0) is 10.0 Å². The summed E-state index contributed by atoms with van der Waals surface area (Å²) in [6, 6.07) is 13.2. The molecule has 0 spiro atoms. The molecule has 2 N–H and O–H groups in total. The predicted molar refractivity (Wildman–Crippen MR) is 113 cm³/mol. The minimum Gasteiger partial charge on any atom is -0.490 e. The van der Waals surface area contributed by atoms with Crippen LogP contribution in [0.1, 0.15) is 12.8 Å². The monoisotopic (exact) mass is 422 g/mol. The molecule has 2 aromatic rings. The number of sulfonamides is 1. The lowest BCUT2D eigenvalue weighted by Gasteiger charge is -2.34. The third-order valence-electron chi connectivity index (χ3n) is 4.46. The average Bonchev–Trinajstić information content (AvgIpc) is 3.26. The van der Waals surface area contributed by atoms with E-state index in [1.165, 1.54) is 11.3 Å². The summed E-state index contributed by atoms with van der Waals surface area (Å²) in [7, 11) is -1.68. The van der Waals surface area contributed by atoms with Gasteiger partial charge in [0.2, 0.25) is 10.0 Å². The topological polar surface area (TPSA) is 83.0 Å². The zero-order valence-electron chi connectivity index (χ0n) is 15.9. The summed E-state index contributed by atoms with van der Waals surface area (Å²) in [4.78, 5) is 6.50. The van der Waals surface area contributed by atoms with Crippen molar-refractivity contribution in [1.29, 1.82) is 0 Å². The number of nitrogens with one attached hydrogen (secondary N) is 2. The van der Waals surface area contributed by atoms with Crippen molar-refractivity contribution in [3.05, 3.63) is 47.8 Å². The Hall–Kier alpha value is -2.10. The van der Waals surface area contributed by atoms with E-state index in [2.05, 4.69) is 19.9 Å². The van der Waals surface area contributed by atoms with Crippen LogP contribution in [0.15, 0.2) is 57.0 Å². The maximum Gasteiger partial charge on any atom is 0.250 e. The Morgan fingerprint density at radius 3 is 2.57 bits per heavy atom.